The van der Waals surface area contributed by atoms with Gasteiger partial charge in [0.1, 0.15) is 0 Å². The summed E-state index contributed by atoms with van der Waals surface area (Å²) in [5, 5.41) is 5.85. The van der Waals surface area contributed by atoms with Crippen LogP contribution in [-0.2, 0) is 17.8 Å². The highest BCUT2D eigenvalue weighted by Crippen LogP contribution is 2.07. The molecular weight excluding hydrogens is 312 g/mol. The summed E-state index contributed by atoms with van der Waals surface area (Å²) in [5.74, 6) is -0.0771. The Labute approximate surface area is 149 Å². The SMILES string of the molecule is CC[C@H](C)NC(=O)c1ccc(CNC(=O)Cc2ccc(C)cc2)cc1. The third kappa shape index (κ3) is 6.07. The molecule has 4 heteroatoms. The third-order valence-electron chi connectivity index (χ3n) is 4.18. The summed E-state index contributed by atoms with van der Waals surface area (Å²) in [4.78, 5) is 24.1. The largest absolute Gasteiger partial charge is 0.352 e. The lowest BCUT2D eigenvalue weighted by atomic mass is 10.1. The fraction of sp³-hybridized carbons (Fsp3) is 0.333. The van der Waals surface area contributed by atoms with Crippen molar-refractivity contribution < 1.29 is 9.59 Å². The van der Waals surface area contributed by atoms with Gasteiger partial charge in [0, 0.05) is 18.2 Å². The van der Waals surface area contributed by atoms with Crippen molar-refractivity contribution in [2.45, 2.75) is 46.2 Å². The van der Waals surface area contributed by atoms with Crippen LogP contribution in [0.4, 0.5) is 0 Å². The van der Waals surface area contributed by atoms with Crippen LogP contribution in [0.2, 0.25) is 0 Å². The molecule has 0 aliphatic rings. The van der Waals surface area contributed by atoms with Gasteiger partial charge in [-0.25, -0.2) is 0 Å². The average molecular weight is 338 g/mol. The van der Waals surface area contributed by atoms with E-state index in [4.69, 9.17) is 0 Å². The zero-order chi connectivity index (χ0) is 18.2. The van der Waals surface area contributed by atoms with Crippen molar-refractivity contribution in [1.29, 1.82) is 0 Å². The first-order valence-corrected chi connectivity index (χ1v) is 8.70. The van der Waals surface area contributed by atoms with E-state index in [0.717, 1.165) is 17.5 Å². The predicted octanol–water partition coefficient (Wildman–Crippen LogP) is 3.38. The average Bonchev–Trinajstić information content (AvgIpc) is 2.62. The smallest absolute Gasteiger partial charge is 0.251 e. The second kappa shape index (κ2) is 9.02. The Morgan fingerprint density at radius 1 is 0.960 bits per heavy atom. The van der Waals surface area contributed by atoms with Crippen LogP contribution in [0.3, 0.4) is 0 Å². The molecule has 0 bridgehead atoms. The summed E-state index contributed by atoms with van der Waals surface area (Å²) >= 11 is 0. The van der Waals surface area contributed by atoms with Gasteiger partial charge in [0.2, 0.25) is 5.91 Å². The van der Waals surface area contributed by atoms with Crippen LogP contribution in [0.1, 0.15) is 47.3 Å². The van der Waals surface area contributed by atoms with E-state index in [-0.39, 0.29) is 17.9 Å². The number of rotatable bonds is 7. The second-order valence-corrected chi connectivity index (χ2v) is 6.42. The minimum Gasteiger partial charge on any atom is -0.352 e. The van der Waals surface area contributed by atoms with E-state index in [1.807, 2.05) is 57.2 Å². The fourth-order valence-electron chi connectivity index (χ4n) is 2.34. The molecule has 0 heterocycles. The summed E-state index contributed by atoms with van der Waals surface area (Å²) in [6, 6.07) is 15.4. The minimum atomic E-state index is -0.0655. The summed E-state index contributed by atoms with van der Waals surface area (Å²) in [6.45, 7) is 6.50. The van der Waals surface area contributed by atoms with Crippen molar-refractivity contribution in [1.82, 2.24) is 10.6 Å². The molecule has 0 spiro atoms. The highest BCUT2D eigenvalue weighted by Gasteiger charge is 2.08. The van der Waals surface area contributed by atoms with Crippen LogP contribution in [0.5, 0.6) is 0 Å². The van der Waals surface area contributed by atoms with Gasteiger partial charge in [-0.2, -0.15) is 0 Å². The van der Waals surface area contributed by atoms with Crippen LogP contribution in [0.15, 0.2) is 48.5 Å². The highest BCUT2D eigenvalue weighted by atomic mass is 16.2. The third-order valence-corrected chi connectivity index (χ3v) is 4.18. The first kappa shape index (κ1) is 18.7. The highest BCUT2D eigenvalue weighted by molar-refractivity contribution is 5.94. The number of amides is 2. The lowest BCUT2D eigenvalue weighted by Crippen LogP contribution is -2.31. The Morgan fingerprint density at radius 3 is 2.16 bits per heavy atom. The molecule has 132 valence electrons. The van der Waals surface area contributed by atoms with Crippen molar-refractivity contribution in [2.24, 2.45) is 0 Å². The van der Waals surface area contributed by atoms with E-state index >= 15 is 0 Å². The van der Waals surface area contributed by atoms with Gasteiger partial charge in [-0.05, 0) is 43.5 Å². The van der Waals surface area contributed by atoms with Crippen LogP contribution in [-0.4, -0.2) is 17.9 Å². The van der Waals surface area contributed by atoms with E-state index in [9.17, 15) is 9.59 Å². The van der Waals surface area contributed by atoms with Crippen molar-refractivity contribution in [3.8, 4) is 0 Å². The number of hydrogen-bond acceptors (Lipinski definition) is 2. The molecule has 2 amide bonds. The van der Waals surface area contributed by atoms with E-state index in [2.05, 4.69) is 10.6 Å². The topological polar surface area (TPSA) is 58.2 Å². The van der Waals surface area contributed by atoms with E-state index in [1.165, 1.54) is 5.56 Å². The Bertz CT molecular complexity index is 706. The molecule has 0 aromatic heterocycles. The number of hydrogen-bond donors (Lipinski definition) is 2. The summed E-state index contributed by atoms with van der Waals surface area (Å²) in [6.07, 6.45) is 1.27. The summed E-state index contributed by atoms with van der Waals surface area (Å²) < 4.78 is 0. The molecule has 25 heavy (non-hydrogen) atoms. The Kier molecular flexibility index (Phi) is 6.75. The molecule has 1 atom stereocenters. The monoisotopic (exact) mass is 338 g/mol. The van der Waals surface area contributed by atoms with Crippen molar-refractivity contribution in [3.63, 3.8) is 0 Å². The van der Waals surface area contributed by atoms with Crippen LogP contribution >= 0.6 is 0 Å². The first-order valence-electron chi connectivity index (χ1n) is 8.70. The van der Waals surface area contributed by atoms with Crippen LogP contribution in [0.25, 0.3) is 0 Å². The molecule has 0 aliphatic carbocycles. The van der Waals surface area contributed by atoms with Gasteiger partial charge in [-0.3, -0.25) is 9.59 Å². The molecule has 0 saturated carbocycles. The minimum absolute atomic E-state index is 0.0116. The molecule has 0 radical (unpaired) electrons. The lowest BCUT2D eigenvalue weighted by Gasteiger charge is -2.11. The standard InChI is InChI=1S/C21H26N2O2/c1-4-16(3)23-21(25)19-11-9-18(10-12-19)14-22-20(24)13-17-7-5-15(2)6-8-17/h5-12,16H,4,13-14H2,1-3H3,(H,22,24)(H,23,25)/t16-/m0/s1. The molecule has 2 aromatic rings. The maximum absolute atomic E-state index is 12.0. The van der Waals surface area contributed by atoms with Crippen molar-refractivity contribution >= 4 is 11.8 Å². The number of benzene rings is 2. The second-order valence-electron chi connectivity index (χ2n) is 6.42. The van der Waals surface area contributed by atoms with Gasteiger partial charge in [-0.1, -0.05) is 48.9 Å². The Morgan fingerprint density at radius 2 is 1.56 bits per heavy atom. The number of nitrogens with one attached hydrogen (secondary N) is 2. The summed E-state index contributed by atoms with van der Waals surface area (Å²) in [7, 11) is 0. The van der Waals surface area contributed by atoms with Crippen LogP contribution in [0, 0.1) is 6.92 Å². The van der Waals surface area contributed by atoms with Gasteiger partial charge in [0.05, 0.1) is 6.42 Å². The summed E-state index contributed by atoms with van der Waals surface area (Å²) in [5.41, 5.74) is 3.79. The van der Waals surface area contributed by atoms with Gasteiger partial charge < -0.3 is 10.6 Å². The number of aryl methyl sites for hydroxylation is 1. The number of carbonyl (C=O) groups is 2. The van der Waals surface area contributed by atoms with Gasteiger partial charge in [-0.15, -0.1) is 0 Å². The molecular formula is C21H26N2O2. The maximum atomic E-state index is 12.0. The normalized spacial score (nSPS) is 11.6. The molecule has 0 unspecified atom stereocenters. The quantitative estimate of drug-likeness (QED) is 0.813. The lowest BCUT2D eigenvalue weighted by molar-refractivity contribution is -0.120. The van der Waals surface area contributed by atoms with E-state index in [1.54, 1.807) is 12.1 Å². The molecule has 0 aliphatic heterocycles. The molecule has 0 saturated heterocycles. The zero-order valence-corrected chi connectivity index (χ0v) is 15.1. The predicted molar refractivity (Wildman–Crippen MR) is 100 cm³/mol. The van der Waals surface area contributed by atoms with Crippen LogP contribution < -0.4 is 10.6 Å². The van der Waals surface area contributed by atoms with Crippen molar-refractivity contribution in [3.05, 3.63) is 70.8 Å². The van der Waals surface area contributed by atoms with Gasteiger partial charge in [0.25, 0.3) is 5.91 Å². The fourth-order valence-corrected chi connectivity index (χ4v) is 2.34. The number of carbonyl (C=O) groups excluding carboxylic acids is 2. The molecule has 2 N–H and O–H groups in total. The zero-order valence-electron chi connectivity index (χ0n) is 15.1. The Hall–Kier alpha value is -2.62. The van der Waals surface area contributed by atoms with E-state index < -0.39 is 0 Å². The Balaban J connectivity index is 1.83. The molecule has 0 fully saturated rings. The van der Waals surface area contributed by atoms with E-state index in [0.29, 0.717) is 18.5 Å². The van der Waals surface area contributed by atoms with Crippen molar-refractivity contribution in [2.75, 3.05) is 0 Å². The van der Waals surface area contributed by atoms with Gasteiger partial charge >= 0.3 is 0 Å². The molecule has 4 nitrogen and oxygen atoms in total. The maximum Gasteiger partial charge on any atom is 0.251 e. The van der Waals surface area contributed by atoms with Gasteiger partial charge in [0.15, 0.2) is 0 Å². The first-order chi connectivity index (χ1) is 12.0. The molecule has 2 aromatic carbocycles. The molecule has 2 rings (SSSR count).